The summed E-state index contributed by atoms with van der Waals surface area (Å²) in [6.07, 6.45) is 4.60. The van der Waals surface area contributed by atoms with Gasteiger partial charge in [-0.05, 0) is 33.1 Å². The standard InChI is InChI=1S/C12H21NO3/c1-12(2,3)16-11(15)13-10(8-14)7-9-5-4-6-9/h8-10H,4-7H2,1-3H3,(H,13,15)/t10-/m1/s1. The smallest absolute Gasteiger partial charge is 0.408 e. The van der Waals surface area contributed by atoms with Crippen molar-refractivity contribution in [2.24, 2.45) is 5.92 Å². The lowest BCUT2D eigenvalue weighted by Gasteiger charge is -2.28. The Hall–Kier alpha value is -1.06. The van der Waals surface area contributed by atoms with E-state index in [9.17, 15) is 9.59 Å². The Labute approximate surface area is 96.7 Å². The van der Waals surface area contributed by atoms with Crippen molar-refractivity contribution in [3.05, 3.63) is 0 Å². The second-order valence-electron chi connectivity index (χ2n) is 5.42. The summed E-state index contributed by atoms with van der Waals surface area (Å²) in [5.74, 6) is 0.588. The molecule has 0 heterocycles. The Bertz CT molecular complexity index is 253. The zero-order chi connectivity index (χ0) is 12.2. The van der Waals surface area contributed by atoms with Crippen LogP contribution in [0.4, 0.5) is 4.79 Å². The fraction of sp³-hybridized carbons (Fsp3) is 0.833. The molecule has 0 aromatic carbocycles. The first-order valence-corrected chi connectivity index (χ1v) is 5.85. The molecule has 0 unspecified atom stereocenters. The molecule has 1 fully saturated rings. The number of hydrogen-bond acceptors (Lipinski definition) is 3. The molecular weight excluding hydrogens is 206 g/mol. The van der Waals surface area contributed by atoms with Gasteiger partial charge < -0.3 is 14.8 Å². The molecule has 1 rings (SSSR count). The van der Waals surface area contributed by atoms with Crippen LogP contribution in [0.2, 0.25) is 0 Å². The zero-order valence-electron chi connectivity index (χ0n) is 10.3. The summed E-state index contributed by atoms with van der Waals surface area (Å²) in [6, 6.07) is -0.403. The van der Waals surface area contributed by atoms with Crippen molar-refractivity contribution in [3.63, 3.8) is 0 Å². The van der Waals surface area contributed by atoms with Crippen LogP contribution in [0.1, 0.15) is 46.5 Å². The van der Waals surface area contributed by atoms with Gasteiger partial charge in [0.2, 0.25) is 0 Å². The fourth-order valence-corrected chi connectivity index (χ4v) is 1.70. The molecule has 1 amide bonds. The Balaban J connectivity index is 2.31. The molecule has 0 aromatic heterocycles. The molecule has 4 nitrogen and oxygen atoms in total. The van der Waals surface area contributed by atoms with E-state index in [1.807, 2.05) is 0 Å². The lowest BCUT2D eigenvalue weighted by Crippen LogP contribution is -2.41. The molecule has 0 saturated heterocycles. The van der Waals surface area contributed by atoms with Crippen LogP contribution in [0, 0.1) is 5.92 Å². The Morgan fingerprint density at radius 1 is 1.50 bits per heavy atom. The van der Waals surface area contributed by atoms with Crippen LogP contribution < -0.4 is 5.32 Å². The molecule has 0 bridgehead atoms. The molecule has 0 aliphatic heterocycles. The van der Waals surface area contributed by atoms with Crippen molar-refractivity contribution in [2.75, 3.05) is 0 Å². The van der Waals surface area contributed by atoms with Gasteiger partial charge in [0, 0.05) is 0 Å². The number of ether oxygens (including phenoxy) is 1. The molecule has 92 valence electrons. The summed E-state index contributed by atoms with van der Waals surface area (Å²) in [7, 11) is 0. The summed E-state index contributed by atoms with van der Waals surface area (Å²) >= 11 is 0. The summed E-state index contributed by atoms with van der Waals surface area (Å²) in [5.41, 5.74) is -0.520. The third-order valence-electron chi connectivity index (χ3n) is 2.68. The van der Waals surface area contributed by atoms with Gasteiger partial charge in [-0.25, -0.2) is 4.79 Å². The molecule has 1 N–H and O–H groups in total. The molecule has 1 aliphatic carbocycles. The number of nitrogens with one attached hydrogen (secondary N) is 1. The first-order valence-electron chi connectivity index (χ1n) is 5.85. The van der Waals surface area contributed by atoms with E-state index in [1.165, 1.54) is 19.3 Å². The molecule has 1 atom stereocenters. The average Bonchev–Trinajstić information content (AvgIpc) is 2.05. The SMILES string of the molecule is CC(C)(C)OC(=O)N[C@@H](C=O)CC1CCC1. The van der Waals surface area contributed by atoms with E-state index >= 15 is 0 Å². The van der Waals surface area contributed by atoms with Gasteiger partial charge in [0.1, 0.15) is 11.9 Å². The van der Waals surface area contributed by atoms with Crippen molar-refractivity contribution < 1.29 is 14.3 Å². The molecule has 0 radical (unpaired) electrons. The van der Waals surface area contributed by atoms with Crippen LogP contribution >= 0.6 is 0 Å². The third kappa shape index (κ3) is 4.64. The number of carbonyl (C=O) groups excluding carboxylic acids is 2. The van der Waals surface area contributed by atoms with Gasteiger partial charge in [-0.15, -0.1) is 0 Å². The van der Waals surface area contributed by atoms with E-state index in [4.69, 9.17) is 4.74 Å². The average molecular weight is 227 g/mol. The van der Waals surface area contributed by atoms with Crippen LogP contribution in [0.3, 0.4) is 0 Å². The maximum Gasteiger partial charge on any atom is 0.408 e. The first kappa shape index (κ1) is 13.0. The van der Waals surface area contributed by atoms with Gasteiger partial charge >= 0.3 is 6.09 Å². The largest absolute Gasteiger partial charge is 0.444 e. The summed E-state index contributed by atoms with van der Waals surface area (Å²) in [6.45, 7) is 5.40. The molecule has 4 heteroatoms. The number of hydrogen-bond donors (Lipinski definition) is 1. The van der Waals surface area contributed by atoms with Crippen molar-refractivity contribution >= 4 is 12.4 Å². The summed E-state index contributed by atoms with van der Waals surface area (Å²) in [4.78, 5) is 22.2. The van der Waals surface area contributed by atoms with Crippen LogP contribution in [0.15, 0.2) is 0 Å². The minimum atomic E-state index is -0.520. The van der Waals surface area contributed by atoms with Gasteiger partial charge in [-0.1, -0.05) is 19.3 Å². The van der Waals surface area contributed by atoms with Crippen LogP contribution in [0.25, 0.3) is 0 Å². The van der Waals surface area contributed by atoms with Gasteiger partial charge in [0.05, 0.1) is 6.04 Å². The number of aldehydes is 1. The predicted molar refractivity (Wildman–Crippen MR) is 61.2 cm³/mol. The number of amides is 1. The summed E-state index contributed by atoms with van der Waals surface area (Å²) in [5, 5.41) is 2.59. The molecule has 1 saturated carbocycles. The van der Waals surface area contributed by atoms with Crippen molar-refractivity contribution in [3.8, 4) is 0 Å². The number of alkyl carbamates (subject to hydrolysis) is 1. The summed E-state index contributed by atoms with van der Waals surface area (Å²) < 4.78 is 5.09. The van der Waals surface area contributed by atoms with Crippen molar-refractivity contribution in [2.45, 2.75) is 58.1 Å². The second-order valence-corrected chi connectivity index (χ2v) is 5.42. The Kier molecular flexibility index (Phi) is 4.33. The van der Waals surface area contributed by atoms with E-state index in [-0.39, 0.29) is 0 Å². The minimum absolute atomic E-state index is 0.403. The highest BCUT2D eigenvalue weighted by Gasteiger charge is 2.24. The maximum absolute atomic E-state index is 11.4. The molecule has 0 aromatic rings. The Morgan fingerprint density at radius 3 is 2.50 bits per heavy atom. The van der Waals surface area contributed by atoms with Crippen LogP contribution in [-0.2, 0) is 9.53 Å². The predicted octanol–water partition coefficient (Wildman–Crippen LogP) is 2.27. The van der Waals surface area contributed by atoms with Crippen LogP contribution in [0.5, 0.6) is 0 Å². The molecular formula is C12H21NO3. The second kappa shape index (κ2) is 5.32. The number of carbonyl (C=O) groups is 2. The minimum Gasteiger partial charge on any atom is -0.444 e. The zero-order valence-corrected chi connectivity index (χ0v) is 10.3. The van der Waals surface area contributed by atoms with Gasteiger partial charge in [0.15, 0.2) is 0 Å². The van der Waals surface area contributed by atoms with E-state index in [2.05, 4.69) is 5.32 Å². The number of rotatable bonds is 4. The Morgan fingerprint density at radius 2 is 2.12 bits per heavy atom. The fourth-order valence-electron chi connectivity index (χ4n) is 1.70. The van der Waals surface area contributed by atoms with Crippen molar-refractivity contribution in [1.82, 2.24) is 5.32 Å². The third-order valence-corrected chi connectivity index (χ3v) is 2.68. The highest BCUT2D eigenvalue weighted by atomic mass is 16.6. The normalized spacial score (nSPS) is 18.4. The van der Waals surface area contributed by atoms with Crippen LogP contribution in [-0.4, -0.2) is 24.0 Å². The van der Waals surface area contributed by atoms with E-state index in [0.29, 0.717) is 5.92 Å². The highest BCUT2D eigenvalue weighted by molar-refractivity contribution is 5.73. The van der Waals surface area contributed by atoms with Gasteiger partial charge in [-0.3, -0.25) is 0 Å². The monoisotopic (exact) mass is 227 g/mol. The highest BCUT2D eigenvalue weighted by Crippen LogP contribution is 2.30. The van der Waals surface area contributed by atoms with E-state index in [0.717, 1.165) is 12.7 Å². The molecule has 1 aliphatic rings. The molecule has 0 spiro atoms. The lowest BCUT2D eigenvalue weighted by molar-refractivity contribution is -0.110. The maximum atomic E-state index is 11.4. The molecule has 16 heavy (non-hydrogen) atoms. The first-order chi connectivity index (χ1) is 7.40. The lowest BCUT2D eigenvalue weighted by atomic mass is 9.81. The quantitative estimate of drug-likeness (QED) is 0.749. The van der Waals surface area contributed by atoms with E-state index in [1.54, 1.807) is 20.8 Å². The van der Waals surface area contributed by atoms with E-state index < -0.39 is 17.7 Å². The topological polar surface area (TPSA) is 55.4 Å². The van der Waals surface area contributed by atoms with Gasteiger partial charge in [0.25, 0.3) is 0 Å². The van der Waals surface area contributed by atoms with Gasteiger partial charge in [-0.2, -0.15) is 0 Å². The van der Waals surface area contributed by atoms with Crippen molar-refractivity contribution in [1.29, 1.82) is 0 Å².